The van der Waals surface area contributed by atoms with Gasteiger partial charge in [-0.2, -0.15) is 0 Å². The SMILES string of the molecule is CCC(CC)(CN)NC(=O)CC(NC(C)=O)c1ccc(F)cc1F. The maximum atomic E-state index is 14.0. The van der Waals surface area contributed by atoms with Gasteiger partial charge in [-0.1, -0.05) is 19.9 Å². The summed E-state index contributed by atoms with van der Waals surface area (Å²) in [5, 5.41) is 5.41. The van der Waals surface area contributed by atoms with Crippen molar-refractivity contribution < 1.29 is 18.4 Å². The molecule has 0 fully saturated rings. The van der Waals surface area contributed by atoms with Gasteiger partial charge in [-0.15, -0.1) is 0 Å². The molecule has 0 aliphatic carbocycles. The van der Waals surface area contributed by atoms with E-state index in [0.29, 0.717) is 12.8 Å². The van der Waals surface area contributed by atoms with Gasteiger partial charge in [0, 0.05) is 25.1 Å². The summed E-state index contributed by atoms with van der Waals surface area (Å²) < 4.78 is 27.1. The molecule has 134 valence electrons. The van der Waals surface area contributed by atoms with Crippen LogP contribution in [-0.4, -0.2) is 23.9 Å². The van der Waals surface area contributed by atoms with Crippen LogP contribution in [-0.2, 0) is 9.59 Å². The number of nitrogens with one attached hydrogen (secondary N) is 2. The molecule has 0 aliphatic rings. The van der Waals surface area contributed by atoms with Crippen LogP contribution < -0.4 is 16.4 Å². The molecule has 7 heteroatoms. The molecule has 0 radical (unpaired) electrons. The van der Waals surface area contributed by atoms with E-state index in [-0.39, 0.29) is 24.4 Å². The van der Waals surface area contributed by atoms with Crippen molar-refractivity contribution in [3.63, 3.8) is 0 Å². The Morgan fingerprint density at radius 3 is 2.33 bits per heavy atom. The first kappa shape index (κ1) is 20.0. The average Bonchev–Trinajstić information content (AvgIpc) is 2.51. The van der Waals surface area contributed by atoms with E-state index in [9.17, 15) is 18.4 Å². The number of halogens is 2. The summed E-state index contributed by atoms with van der Waals surface area (Å²) in [5.74, 6) is -2.29. The molecule has 0 aromatic heterocycles. The Morgan fingerprint density at radius 2 is 1.88 bits per heavy atom. The first-order valence-electron chi connectivity index (χ1n) is 8.00. The van der Waals surface area contributed by atoms with Crippen molar-refractivity contribution in [1.82, 2.24) is 10.6 Å². The van der Waals surface area contributed by atoms with Gasteiger partial charge >= 0.3 is 0 Å². The Bertz CT molecular complexity index is 581. The molecule has 0 aliphatic heterocycles. The summed E-state index contributed by atoms with van der Waals surface area (Å²) >= 11 is 0. The third-order valence-corrected chi connectivity index (χ3v) is 4.25. The highest BCUT2D eigenvalue weighted by Crippen LogP contribution is 2.22. The number of carbonyl (C=O) groups is 2. The Labute approximate surface area is 141 Å². The predicted molar refractivity (Wildman–Crippen MR) is 88.0 cm³/mol. The maximum Gasteiger partial charge on any atom is 0.222 e. The summed E-state index contributed by atoms with van der Waals surface area (Å²) in [4.78, 5) is 23.7. The molecule has 0 spiro atoms. The lowest BCUT2D eigenvalue weighted by Gasteiger charge is -2.32. The number of hydrogen-bond donors (Lipinski definition) is 3. The molecule has 1 aromatic carbocycles. The minimum Gasteiger partial charge on any atom is -0.349 e. The van der Waals surface area contributed by atoms with Gasteiger partial charge in [-0.3, -0.25) is 9.59 Å². The first-order valence-corrected chi connectivity index (χ1v) is 8.00. The van der Waals surface area contributed by atoms with Crippen molar-refractivity contribution in [3.8, 4) is 0 Å². The van der Waals surface area contributed by atoms with Crippen molar-refractivity contribution in [3.05, 3.63) is 35.4 Å². The third kappa shape index (κ3) is 5.26. The van der Waals surface area contributed by atoms with Gasteiger partial charge in [0.25, 0.3) is 0 Å². The molecule has 0 heterocycles. The number of amides is 2. The number of hydrogen-bond acceptors (Lipinski definition) is 3. The Balaban J connectivity index is 2.98. The molecule has 1 unspecified atom stereocenters. The third-order valence-electron chi connectivity index (χ3n) is 4.25. The lowest BCUT2D eigenvalue weighted by Crippen LogP contribution is -2.53. The molecule has 0 bridgehead atoms. The smallest absolute Gasteiger partial charge is 0.222 e. The Morgan fingerprint density at radius 1 is 1.25 bits per heavy atom. The zero-order valence-corrected chi connectivity index (χ0v) is 14.3. The van der Waals surface area contributed by atoms with E-state index in [1.54, 1.807) is 0 Å². The monoisotopic (exact) mass is 341 g/mol. The molecule has 1 aromatic rings. The van der Waals surface area contributed by atoms with E-state index in [1.807, 2.05) is 13.8 Å². The van der Waals surface area contributed by atoms with Gasteiger partial charge < -0.3 is 16.4 Å². The minimum atomic E-state index is -0.882. The topological polar surface area (TPSA) is 84.2 Å². The maximum absolute atomic E-state index is 14.0. The van der Waals surface area contributed by atoms with Crippen LogP contribution in [0.5, 0.6) is 0 Å². The summed E-state index contributed by atoms with van der Waals surface area (Å²) in [6, 6.07) is 2.17. The van der Waals surface area contributed by atoms with E-state index in [2.05, 4.69) is 10.6 Å². The normalized spacial score (nSPS) is 12.6. The first-order chi connectivity index (χ1) is 11.3. The molecule has 0 saturated carbocycles. The lowest BCUT2D eigenvalue weighted by molar-refractivity contribution is -0.124. The predicted octanol–water partition coefficient (Wildman–Crippen LogP) is 2.17. The van der Waals surface area contributed by atoms with Gasteiger partial charge in [0.05, 0.1) is 18.0 Å². The van der Waals surface area contributed by atoms with E-state index < -0.39 is 29.1 Å². The Kier molecular flexibility index (Phi) is 7.28. The van der Waals surface area contributed by atoms with Crippen molar-refractivity contribution >= 4 is 11.8 Å². The number of rotatable bonds is 8. The highest BCUT2D eigenvalue weighted by Gasteiger charge is 2.28. The van der Waals surface area contributed by atoms with Crippen molar-refractivity contribution in [1.29, 1.82) is 0 Å². The quantitative estimate of drug-likeness (QED) is 0.677. The van der Waals surface area contributed by atoms with Crippen LogP contribution in [0.2, 0.25) is 0 Å². The van der Waals surface area contributed by atoms with Crippen LogP contribution >= 0.6 is 0 Å². The van der Waals surface area contributed by atoms with Crippen LogP contribution in [0.25, 0.3) is 0 Å². The number of benzene rings is 1. The van der Waals surface area contributed by atoms with Crippen molar-refractivity contribution in [2.45, 2.75) is 51.6 Å². The van der Waals surface area contributed by atoms with E-state index >= 15 is 0 Å². The molecule has 1 rings (SSSR count). The summed E-state index contributed by atoms with van der Waals surface area (Å²) in [7, 11) is 0. The van der Waals surface area contributed by atoms with E-state index in [0.717, 1.165) is 12.1 Å². The van der Waals surface area contributed by atoms with E-state index in [4.69, 9.17) is 5.73 Å². The van der Waals surface area contributed by atoms with Gasteiger partial charge in [0.15, 0.2) is 0 Å². The molecule has 1 atom stereocenters. The van der Waals surface area contributed by atoms with Crippen LogP contribution in [0.1, 0.15) is 51.6 Å². The second-order valence-electron chi connectivity index (χ2n) is 5.86. The van der Waals surface area contributed by atoms with Gasteiger partial charge in [0.2, 0.25) is 11.8 Å². The van der Waals surface area contributed by atoms with Crippen LogP contribution in [0.4, 0.5) is 8.78 Å². The highest BCUT2D eigenvalue weighted by atomic mass is 19.1. The largest absolute Gasteiger partial charge is 0.349 e. The summed E-state index contributed by atoms with van der Waals surface area (Å²) in [6.07, 6.45) is 1.15. The van der Waals surface area contributed by atoms with E-state index in [1.165, 1.54) is 13.0 Å². The molecular formula is C17H25F2N3O2. The molecule has 0 saturated heterocycles. The van der Waals surface area contributed by atoms with Crippen molar-refractivity contribution in [2.24, 2.45) is 5.73 Å². The second-order valence-corrected chi connectivity index (χ2v) is 5.86. The van der Waals surface area contributed by atoms with Crippen LogP contribution in [0, 0.1) is 11.6 Å². The highest BCUT2D eigenvalue weighted by molar-refractivity contribution is 5.79. The Hall–Kier alpha value is -2.02. The fourth-order valence-electron chi connectivity index (χ4n) is 2.57. The van der Waals surface area contributed by atoms with Gasteiger partial charge in [-0.05, 0) is 18.9 Å². The zero-order chi connectivity index (χ0) is 18.3. The van der Waals surface area contributed by atoms with Crippen molar-refractivity contribution in [2.75, 3.05) is 6.54 Å². The van der Waals surface area contributed by atoms with Gasteiger partial charge in [0.1, 0.15) is 11.6 Å². The standard InChI is InChI=1S/C17H25F2N3O2/c1-4-17(5-2,10-20)22-16(24)9-15(21-11(3)23)13-7-6-12(18)8-14(13)19/h6-8,15H,4-5,9-10,20H2,1-3H3,(H,21,23)(H,22,24). The summed E-state index contributed by atoms with van der Waals surface area (Å²) in [6.45, 7) is 5.39. The average molecular weight is 341 g/mol. The zero-order valence-electron chi connectivity index (χ0n) is 14.3. The second kappa shape index (κ2) is 8.73. The number of carbonyl (C=O) groups excluding carboxylic acids is 2. The van der Waals surface area contributed by atoms with Gasteiger partial charge in [-0.25, -0.2) is 8.78 Å². The fraction of sp³-hybridized carbons (Fsp3) is 0.529. The fourth-order valence-corrected chi connectivity index (χ4v) is 2.57. The molecule has 2 amide bonds. The molecule has 4 N–H and O–H groups in total. The number of nitrogens with two attached hydrogens (primary N) is 1. The molecular weight excluding hydrogens is 316 g/mol. The lowest BCUT2D eigenvalue weighted by atomic mass is 9.92. The minimum absolute atomic E-state index is 0.0631. The van der Waals surface area contributed by atoms with Crippen LogP contribution in [0.3, 0.4) is 0 Å². The van der Waals surface area contributed by atoms with Crippen LogP contribution in [0.15, 0.2) is 18.2 Å². The molecule has 5 nitrogen and oxygen atoms in total. The molecule has 24 heavy (non-hydrogen) atoms. The summed E-state index contributed by atoms with van der Waals surface area (Å²) in [5.41, 5.74) is 5.29.